The predicted molar refractivity (Wildman–Crippen MR) is 95.6 cm³/mol. The molecule has 1 aromatic rings. The van der Waals surface area contributed by atoms with Crippen LogP contribution in [0.4, 0.5) is 4.79 Å². The number of amides is 2. The van der Waals surface area contributed by atoms with Gasteiger partial charge in [0.1, 0.15) is 0 Å². The van der Waals surface area contributed by atoms with E-state index in [1.54, 1.807) is 0 Å². The summed E-state index contributed by atoms with van der Waals surface area (Å²) in [5.74, 6) is 0. The molecule has 2 amide bonds. The van der Waals surface area contributed by atoms with Crippen LogP contribution in [0.15, 0.2) is 30.3 Å². The molecule has 0 radical (unpaired) electrons. The van der Waals surface area contributed by atoms with Gasteiger partial charge in [0.15, 0.2) is 0 Å². The number of hydrogen-bond acceptors (Lipinski definition) is 2. The van der Waals surface area contributed by atoms with Gasteiger partial charge < -0.3 is 10.6 Å². The first-order chi connectivity index (χ1) is 10.9. The highest BCUT2D eigenvalue weighted by atomic mass is 16.2. The molecule has 0 saturated carbocycles. The number of carbonyl (C=O) groups excluding carboxylic acids is 1. The van der Waals surface area contributed by atoms with Crippen LogP contribution in [0, 0.1) is 0 Å². The summed E-state index contributed by atoms with van der Waals surface area (Å²) in [6.07, 6.45) is 4.84. The minimum atomic E-state index is -0.204. The van der Waals surface area contributed by atoms with Crippen molar-refractivity contribution in [3.8, 4) is 0 Å². The number of nitrogens with zero attached hydrogens (tertiary/aromatic N) is 1. The third-order valence-corrected chi connectivity index (χ3v) is 4.21. The zero-order chi connectivity index (χ0) is 16.7. The number of piperidine rings is 1. The zero-order valence-electron chi connectivity index (χ0n) is 14.8. The first kappa shape index (κ1) is 17.8. The number of likely N-dealkylation sites (tertiary alicyclic amines) is 1. The van der Waals surface area contributed by atoms with Crippen LogP contribution in [0.1, 0.15) is 45.6 Å². The summed E-state index contributed by atoms with van der Waals surface area (Å²) < 4.78 is 0. The summed E-state index contributed by atoms with van der Waals surface area (Å²) in [7, 11) is 0. The van der Waals surface area contributed by atoms with E-state index in [0.29, 0.717) is 12.6 Å². The Morgan fingerprint density at radius 3 is 2.39 bits per heavy atom. The molecular weight excluding hydrogens is 286 g/mol. The molecular formula is C19H31N3O. The molecule has 1 saturated heterocycles. The van der Waals surface area contributed by atoms with Crippen molar-refractivity contribution in [2.45, 2.75) is 58.0 Å². The Labute approximate surface area is 140 Å². The Morgan fingerprint density at radius 2 is 1.78 bits per heavy atom. The van der Waals surface area contributed by atoms with Gasteiger partial charge in [-0.05, 0) is 58.7 Å². The molecule has 0 aliphatic carbocycles. The van der Waals surface area contributed by atoms with E-state index in [0.717, 1.165) is 19.5 Å². The van der Waals surface area contributed by atoms with Crippen molar-refractivity contribution in [1.82, 2.24) is 15.5 Å². The van der Waals surface area contributed by atoms with Gasteiger partial charge in [0, 0.05) is 18.1 Å². The average molecular weight is 317 g/mol. The quantitative estimate of drug-likeness (QED) is 0.876. The number of carbonyl (C=O) groups is 1. The molecule has 2 N–H and O–H groups in total. The molecule has 0 aromatic heterocycles. The highest BCUT2D eigenvalue weighted by Crippen LogP contribution is 2.15. The lowest BCUT2D eigenvalue weighted by Gasteiger charge is -2.35. The van der Waals surface area contributed by atoms with Crippen LogP contribution in [0.2, 0.25) is 0 Å². The molecule has 1 fully saturated rings. The van der Waals surface area contributed by atoms with Gasteiger partial charge in [-0.15, -0.1) is 0 Å². The monoisotopic (exact) mass is 317 g/mol. The molecule has 0 spiro atoms. The average Bonchev–Trinajstić information content (AvgIpc) is 2.51. The Balaban J connectivity index is 1.94. The number of benzene rings is 1. The lowest BCUT2D eigenvalue weighted by Crippen LogP contribution is -2.52. The molecule has 4 heteroatoms. The summed E-state index contributed by atoms with van der Waals surface area (Å²) in [6.45, 7) is 8.97. The maximum atomic E-state index is 12.1. The molecule has 0 bridgehead atoms. The summed E-state index contributed by atoms with van der Waals surface area (Å²) in [6, 6.07) is 10.9. The molecule has 23 heavy (non-hydrogen) atoms. The molecule has 2 rings (SSSR count). The summed E-state index contributed by atoms with van der Waals surface area (Å²) in [4.78, 5) is 14.6. The van der Waals surface area contributed by atoms with Gasteiger partial charge in [0.2, 0.25) is 0 Å². The fourth-order valence-electron chi connectivity index (χ4n) is 3.10. The normalized spacial score (nSPS) is 17.5. The van der Waals surface area contributed by atoms with Crippen LogP contribution in [-0.4, -0.2) is 42.1 Å². The maximum absolute atomic E-state index is 12.1. The molecule has 1 aliphatic rings. The first-order valence-electron chi connectivity index (χ1n) is 8.78. The standard InChI is InChI=1S/C19H31N3O/c1-19(2,3)21-18(23)20-15-17(22-12-8-5-9-13-22)14-16-10-6-4-7-11-16/h4,6-7,10-11,17H,5,8-9,12-15H2,1-3H3,(H2,20,21,23). The van der Waals surface area contributed by atoms with Crippen molar-refractivity contribution in [2.75, 3.05) is 19.6 Å². The van der Waals surface area contributed by atoms with Crippen LogP contribution in [0.5, 0.6) is 0 Å². The van der Waals surface area contributed by atoms with Crippen molar-refractivity contribution in [2.24, 2.45) is 0 Å². The van der Waals surface area contributed by atoms with Crippen LogP contribution in [-0.2, 0) is 6.42 Å². The minimum Gasteiger partial charge on any atom is -0.337 e. The van der Waals surface area contributed by atoms with Crippen molar-refractivity contribution in [3.63, 3.8) is 0 Å². The number of urea groups is 1. The molecule has 1 atom stereocenters. The SMILES string of the molecule is CC(C)(C)NC(=O)NCC(Cc1ccccc1)N1CCCCC1. The Morgan fingerprint density at radius 1 is 1.13 bits per heavy atom. The third kappa shape index (κ3) is 6.61. The maximum Gasteiger partial charge on any atom is 0.315 e. The van der Waals surface area contributed by atoms with Crippen molar-refractivity contribution in [1.29, 1.82) is 0 Å². The molecule has 1 heterocycles. The van der Waals surface area contributed by atoms with E-state index in [-0.39, 0.29) is 11.6 Å². The van der Waals surface area contributed by atoms with Gasteiger partial charge in [-0.2, -0.15) is 0 Å². The zero-order valence-corrected chi connectivity index (χ0v) is 14.8. The van der Waals surface area contributed by atoms with E-state index >= 15 is 0 Å². The molecule has 1 aliphatic heterocycles. The van der Waals surface area contributed by atoms with Gasteiger partial charge in [0.25, 0.3) is 0 Å². The highest BCUT2D eigenvalue weighted by Gasteiger charge is 2.22. The molecule has 4 nitrogen and oxygen atoms in total. The van der Waals surface area contributed by atoms with Crippen LogP contribution < -0.4 is 10.6 Å². The van der Waals surface area contributed by atoms with E-state index in [1.165, 1.54) is 24.8 Å². The van der Waals surface area contributed by atoms with E-state index in [2.05, 4.69) is 45.9 Å². The lowest BCUT2D eigenvalue weighted by atomic mass is 10.0. The van der Waals surface area contributed by atoms with Crippen molar-refractivity contribution < 1.29 is 4.79 Å². The Kier molecular flexibility index (Phi) is 6.46. The number of rotatable bonds is 5. The highest BCUT2D eigenvalue weighted by molar-refractivity contribution is 5.74. The van der Waals surface area contributed by atoms with Gasteiger partial charge >= 0.3 is 6.03 Å². The topological polar surface area (TPSA) is 44.4 Å². The van der Waals surface area contributed by atoms with E-state index in [1.807, 2.05) is 20.8 Å². The van der Waals surface area contributed by atoms with Crippen molar-refractivity contribution >= 4 is 6.03 Å². The molecule has 1 unspecified atom stereocenters. The lowest BCUT2D eigenvalue weighted by molar-refractivity contribution is 0.158. The van der Waals surface area contributed by atoms with Gasteiger partial charge in [0.05, 0.1) is 0 Å². The van der Waals surface area contributed by atoms with E-state index in [9.17, 15) is 4.79 Å². The van der Waals surface area contributed by atoms with Gasteiger partial charge in [-0.25, -0.2) is 4.79 Å². The Bertz CT molecular complexity index is 475. The molecule has 128 valence electrons. The third-order valence-electron chi connectivity index (χ3n) is 4.21. The number of hydrogen-bond donors (Lipinski definition) is 2. The summed E-state index contributed by atoms with van der Waals surface area (Å²) in [5.41, 5.74) is 1.13. The fraction of sp³-hybridized carbons (Fsp3) is 0.632. The van der Waals surface area contributed by atoms with Crippen LogP contribution >= 0.6 is 0 Å². The summed E-state index contributed by atoms with van der Waals surface area (Å²) >= 11 is 0. The second-order valence-electron chi connectivity index (χ2n) is 7.53. The van der Waals surface area contributed by atoms with Crippen LogP contribution in [0.25, 0.3) is 0 Å². The smallest absolute Gasteiger partial charge is 0.315 e. The second-order valence-corrected chi connectivity index (χ2v) is 7.53. The fourth-order valence-corrected chi connectivity index (χ4v) is 3.10. The predicted octanol–water partition coefficient (Wildman–Crippen LogP) is 3.18. The summed E-state index contributed by atoms with van der Waals surface area (Å²) in [5, 5.41) is 6.04. The second kappa shape index (κ2) is 8.34. The number of nitrogens with one attached hydrogen (secondary N) is 2. The van der Waals surface area contributed by atoms with Crippen LogP contribution in [0.3, 0.4) is 0 Å². The van der Waals surface area contributed by atoms with Crippen molar-refractivity contribution in [3.05, 3.63) is 35.9 Å². The van der Waals surface area contributed by atoms with E-state index < -0.39 is 0 Å². The first-order valence-corrected chi connectivity index (χ1v) is 8.78. The Hall–Kier alpha value is -1.55. The van der Waals surface area contributed by atoms with Gasteiger partial charge in [-0.1, -0.05) is 36.8 Å². The minimum absolute atomic E-state index is 0.0763. The molecule has 1 aromatic carbocycles. The largest absolute Gasteiger partial charge is 0.337 e. The van der Waals surface area contributed by atoms with Gasteiger partial charge in [-0.3, -0.25) is 4.90 Å². The van der Waals surface area contributed by atoms with E-state index in [4.69, 9.17) is 0 Å².